The first-order chi connectivity index (χ1) is 14.0. The highest BCUT2D eigenvalue weighted by atomic mass is 35.5. The Morgan fingerprint density at radius 3 is 2.77 bits per heavy atom. The number of halogens is 5. The average Bonchev–Trinajstić information content (AvgIpc) is 3.11. The molecule has 1 saturated carbocycles. The van der Waals surface area contributed by atoms with E-state index in [4.69, 9.17) is 11.6 Å². The molecular weight excluding hydrogens is 463 g/mol. The number of nitrogens with zero attached hydrogens (tertiary/aromatic N) is 4. The molecule has 12 heteroatoms. The van der Waals surface area contributed by atoms with Crippen molar-refractivity contribution in [1.82, 2.24) is 14.8 Å². The molecule has 5 nitrogen and oxygen atoms in total. The van der Waals surface area contributed by atoms with Crippen LogP contribution in [0.3, 0.4) is 0 Å². The van der Waals surface area contributed by atoms with Gasteiger partial charge in [0.25, 0.3) is 11.6 Å². The highest BCUT2D eigenvalue weighted by Gasteiger charge is 2.57. The van der Waals surface area contributed by atoms with Crippen LogP contribution < -0.4 is 4.90 Å². The van der Waals surface area contributed by atoms with Crippen molar-refractivity contribution in [2.45, 2.75) is 36.6 Å². The minimum absolute atomic E-state index is 0.0357. The molecule has 2 aromatic rings. The lowest BCUT2D eigenvalue weighted by molar-refractivity contribution is -0.119. The molecule has 1 amide bonds. The summed E-state index contributed by atoms with van der Waals surface area (Å²) in [6.07, 6.45) is 3.84. The average molecular weight is 483 g/mol. The van der Waals surface area contributed by atoms with Gasteiger partial charge in [-0.25, -0.2) is 22.2 Å². The standard InChI is InChI=1S/C18H20ClF4N4OPS/c1-2-26(13-9-27(25-16(13)19)12-4-3-5-24-8-12)15(28)6-14(18(22,23)29)30-10-11-7-17(11,20)21/h3-5,8-9,11,14H,2,6-7,10,29H2,1H3. The Kier molecular flexibility index (Phi) is 6.99. The summed E-state index contributed by atoms with van der Waals surface area (Å²) >= 11 is 6.89. The molecule has 164 valence electrons. The van der Waals surface area contributed by atoms with Crippen LogP contribution in [0.25, 0.3) is 5.69 Å². The molecule has 0 radical (unpaired) electrons. The molecule has 0 N–H and O–H groups in total. The highest BCUT2D eigenvalue weighted by molar-refractivity contribution is 8.00. The van der Waals surface area contributed by atoms with Crippen LogP contribution in [-0.4, -0.2) is 49.8 Å². The Balaban J connectivity index is 1.73. The third-order valence-electron chi connectivity index (χ3n) is 4.71. The summed E-state index contributed by atoms with van der Waals surface area (Å²) in [6.45, 7) is 1.86. The van der Waals surface area contributed by atoms with Crippen molar-refractivity contribution in [3.63, 3.8) is 0 Å². The van der Waals surface area contributed by atoms with E-state index in [0.29, 0.717) is 17.4 Å². The van der Waals surface area contributed by atoms with E-state index in [1.54, 1.807) is 31.5 Å². The van der Waals surface area contributed by atoms with E-state index in [1.807, 2.05) is 0 Å². The van der Waals surface area contributed by atoms with E-state index in [1.165, 1.54) is 25.0 Å². The second-order valence-corrected chi connectivity index (χ2v) is 9.33. The van der Waals surface area contributed by atoms with Gasteiger partial charge in [0.15, 0.2) is 5.15 Å². The number of amides is 1. The van der Waals surface area contributed by atoms with Crippen molar-refractivity contribution >= 4 is 44.2 Å². The number of hydrogen-bond acceptors (Lipinski definition) is 4. The number of anilines is 1. The fourth-order valence-electron chi connectivity index (χ4n) is 2.89. The van der Waals surface area contributed by atoms with Gasteiger partial charge >= 0.3 is 0 Å². The molecule has 1 fully saturated rings. The highest BCUT2D eigenvalue weighted by Crippen LogP contribution is 2.51. The number of aromatic nitrogens is 3. The summed E-state index contributed by atoms with van der Waals surface area (Å²) in [5.41, 5.74) is -2.39. The van der Waals surface area contributed by atoms with E-state index in [9.17, 15) is 22.4 Å². The van der Waals surface area contributed by atoms with Crippen LogP contribution in [-0.2, 0) is 4.79 Å². The molecule has 1 aliphatic rings. The molecule has 2 heterocycles. The molecule has 0 bridgehead atoms. The van der Waals surface area contributed by atoms with Crippen molar-refractivity contribution in [2.75, 3.05) is 17.2 Å². The monoisotopic (exact) mass is 482 g/mol. The SMILES string of the molecule is CCN(C(=O)CC(SCC1CC1(F)F)C(F)(F)P)c1cn(-c2cccnc2)nc1Cl. The molecule has 3 atom stereocenters. The van der Waals surface area contributed by atoms with Crippen LogP contribution in [0.4, 0.5) is 23.2 Å². The van der Waals surface area contributed by atoms with Gasteiger partial charge in [-0.3, -0.25) is 9.78 Å². The van der Waals surface area contributed by atoms with E-state index in [2.05, 4.69) is 10.1 Å². The minimum Gasteiger partial charge on any atom is -0.308 e. The number of carbonyl (C=O) groups is 1. The van der Waals surface area contributed by atoms with Gasteiger partial charge in [-0.15, -0.1) is 0 Å². The van der Waals surface area contributed by atoms with Crippen LogP contribution in [0.1, 0.15) is 19.8 Å². The predicted octanol–water partition coefficient (Wildman–Crippen LogP) is 4.89. The third kappa shape index (κ3) is 5.45. The topological polar surface area (TPSA) is 51.0 Å². The summed E-state index contributed by atoms with van der Waals surface area (Å²) in [6, 6.07) is 3.45. The van der Waals surface area contributed by atoms with Crippen molar-refractivity contribution in [2.24, 2.45) is 5.92 Å². The quantitative estimate of drug-likeness (QED) is 0.377. The summed E-state index contributed by atoms with van der Waals surface area (Å²) in [5.74, 6) is -4.42. The van der Waals surface area contributed by atoms with Gasteiger partial charge in [0, 0.05) is 37.3 Å². The second kappa shape index (κ2) is 9.01. The lowest BCUT2D eigenvalue weighted by Gasteiger charge is -2.26. The van der Waals surface area contributed by atoms with Gasteiger partial charge in [-0.2, -0.15) is 16.9 Å². The maximum Gasteiger partial charge on any atom is 0.271 e. The summed E-state index contributed by atoms with van der Waals surface area (Å²) in [7, 11) is 1.41. The largest absolute Gasteiger partial charge is 0.308 e. The van der Waals surface area contributed by atoms with Crippen LogP contribution in [0.2, 0.25) is 5.15 Å². The third-order valence-corrected chi connectivity index (χ3v) is 7.10. The Morgan fingerprint density at radius 1 is 1.53 bits per heavy atom. The molecule has 30 heavy (non-hydrogen) atoms. The van der Waals surface area contributed by atoms with Gasteiger partial charge < -0.3 is 4.90 Å². The zero-order valence-corrected chi connectivity index (χ0v) is 18.7. The van der Waals surface area contributed by atoms with E-state index >= 15 is 0 Å². The molecule has 0 spiro atoms. The summed E-state index contributed by atoms with van der Waals surface area (Å²) in [5, 5.41) is 2.74. The van der Waals surface area contributed by atoms with Gasteiger partial charge in [-0.1, -0.05) is 20.8 Å². The molecular formula is C18H20ClF4N4OPS. The van der Waals surface area contributed by atoms with Crippen molar-refractivity contribution in [3.8, 4) is 5.69 Å². The van der Waals surface area contributed by atoms with E-state index in [0.717, 1.165) is 0 Å². The number of thioether (sulfide) groups is 1. The first kappa shape index (κ1) is 23.3. The maximum absolute atomic E-state index is 14.0. The predicted molar refractivity (Wildman–Crippen MR) is 113 cm³/mol. The number of hydrogen-bond donors (Lipinski definition) is 0. The fourth-order valence-corrected chi connectivity index (χ4v) is 4.83. The molecule has 3 unspecified atom stereocenters. The van der Waals surface area contributed by atoms with Crippen molar-refractivity contribution < 1.29 is 22.4 Å². The van der Waals surface area contributed by atoms with E-state index in [-0.39, 0.29) is 29.6 Å². The van der Waals surface area contributed by atoms with E-state index < -0.39 is 35.1 Å². The smallest absolute Gasteiger partial charge is 0.271 e. The Hall–Kier alpha value is -1.38. The molecule has 1 aliphatic carbocycles. The van der Waals surface area contributed by atoms with Gasteiger partial charge in [0.05, 0.1) is 23.3 Å². The maximum atomic E-state index is 14.0. The van der Waals surface area contributed by atoms with Gasteiger partial charge in [0.2, 0.25) is 5.91 Å². The zero-order chi connectivity index (χ0) is 22.1. The number of rotatable bonds is 9. The Bertz CT molecular complexity index is 896. The first-order valence-corrected chi connectivity index (χ1v) is 11.2. The fraction of sp³-hybridized carbons (Fsp3) is 0.500. The lowest BCUT2D eigenvalue weighted by atomic mass is 10.2. The summed E-state index contributed by atoms with van der Waals surface area (Å²) in [4.78, 5) is 18.1. The van der Waals surface area contributed by atoms with Gasteiger partial charge in [0.1, 0.15) is 5.69 Å². The number of alkyl halides is 4. The lowest BCUT2D eigenvalue weighted by Crippen LogP contribution is -2.36. The Morgan fingerprint density at radius 2 is 2.23 bits per heavy atom. The Labute approximate surface area is 182 Å². The minimum atomic E-state index is -3.28. The van der Waals surface area contributed by atoms with Crippen LogP contribution in [0.15, 0.2) is 30.7 Å². The number of carbonyl (C=O) groups excluding carboxylic acids is 1. The molecule has 0 aliphatic heterocycles. The second-order valence-electron chi connectivity index (χ2n) is 6.96. The molecule has 0 saturated heterocycles. The number of pyridine rings is 1. The van der Waals surface area contributed by atoms with Crippen LogP contribution in [0.5, 0.6) is 0 Å². The molecule has 0 aromatic carbocycles. The van der Waals surface area contributed by atoms with Crippen LogP contribution >= 0.6 is 32.6 Å². The molecule has 2 aromatic heterocycles. The zero-order valence-electron chi connectivity index (χ0n) is 15.9. The summed E-state index contributed by atoms with van der Waals surface area (Å²) < 4.78 is 55.7. The first-order valence-electron chi connectivity index (χ1n) is 9.15. The van der Waals surface area contributed by atoms with Gasteiger partial charge in [-0.05, 0) is 19.1 Å². The van der Waals surface area contributed by atoms with Crippen molar-refractivity contribution in [1.29, 1.82) is 0 Å². The van der Waals surface area contributed by atoms with Crippen molar-refractivity contribution in [3.05, 3.63) is 35.9 Å². The van der Waals surface area contributed by atoms with Crippen LogP contribution in [0, 0.1) is 5.92 Å². The normalized spacial score (nSPS) is 18.8. The molecule has 3 rings (SSSR count).